The van der Waals surface area contributed by atoms with Crippen LogP contribution in [-0.2, 0) is 9.53 Å². The van der Waals surface area contributed by atoms with E-state index in [1.54, 1.807) is 29.2 Å². The maximum atomic E-state index is 12.0. The van der Waals surface area contributed by atoms with E-state index in [-0.39, 0.29) is 12.5 Å². The van der Waals surface area contributed by atoms with Crippen molar-refractivity contribution in [1.29, 1.82) is 5.26 Å². The second kappa shape index (κ2) is 9.02. The molecule has 1 aliphatic heterocycles. The van der Waals surface area contributed by atoms with E-state index in [1.165, 1.54) is 11.8 Å². The van der Waals surface area contributed by atoms with Crippen molar-refractivity contribution >= 4 is 28.5 Å². The fourth-order valence-electron chi connectivity index (χ4n) is 1.98. The number of morpholine rings is 1. The molecule has 1 aromatic rings. The first-order chi connectivity index (χ1) is 11.2. The number of aliphatic imine (C=N–C) groups is 1. The zero-order valence-electron chi connectivity index (χ0n) is 12.8. The van der Waals surface area contributed by atoms with Crippen molar-refractivity contribution in [1.82, 2.24) is 10.2 Å². The van der Waals surface area contributed by atoms with Crippen LogP contribution >= 0.6 is 11.8 Å². The highest BCUT2D eigenvalue weighted by Gasteiger charge is 2.17. The molecule has 122 valence electrons. The van der Waals surface area contributed by atoms with E-state index >= 15 is 0 Å². The summed E-state index contributed by atoms with van der Waals surface area (Å²) >= 11 is 1.34. The van der Waals surface area contributed by atoms with Gasteiger partial charge in [-0.1, -0.05) is 17.8 Å². The molecule has 0 aliphatic carbocycles. The Labute approximate surface area is 139 Å². The van der Waals surface area contributed by atoms with Gasteiger partial charge in [-0.3, -0.25) is 10.1 Å². The SMILES string of the molecule is CSC(=Nc1cccc(OCC(=O)N2CCOCC2)c1)NC#N. The lowest BCUT2D eigenvalue weighted by atomic mass is 10.3. The molecule has 0 aromatic heterocycles. The van der Waals surface area contributed by atoms with E-state index in [1.807, 2.05) is 12.4 Å². The van der Waals surface area contributed by atoms with Crippen LogP contribution in [0, 0.1) is 11.5 Å². The number of amides is 1. The highest BCUT2D eigenvalue weighted by atomic mass is 32.2. The summed E-state index contributed by atoms with van der Waals surface area (Å²) in [5.74, 6) is 0.503. The molecule has 0 bridgehead atoms. The number of carbonyl (C=O) groups is 1. The Morgan fingerprint density at radius 3 is 3.00 bits per heavy atom. The topological polar surface area (TPSA) is 86.9 Å². The minimum atomic E-state index is -0.0573. The van der Waals surface area contributed by atoms with E-state index < -0.39 is 0 Å². The van der Waals surface area contributed by atoms with E-state index in [0.29, 0.717) is 42.9 Å². The lowest BCUT2D eigenvalue weighted by molar-refractivity contribution is -0.137. The number of carbonyl (C=O) groups excluding carboxylic acids is 1. The van der Waals surface area contributed by atoms with E-state index in [0.717, 1.165) is 0 Å². The van der Waals surface area contributed by atoms with Gasteiger partial charge in [-0.2, -0.15) is 5.26 Å². The Morgan fingerprint density at radius 2 is 2.30 bits per heavy atom. The molecular formula is C15H18N4O3S. The van der Waals surface area contributed by atoms with Gasteiger partial charge in [-0.25, -0.2) is 4.99 Å². The Bertz CT molecular complexity index is 609. The summed E-state index contributed by atoms with van der Waals surface area (Å²) in [6.07, 6.45) is 3.66. The predicted molar refractivity (Wildman–Crippen MR) is 88.7 cm³/mol. The zero-order chi connectivity index (χ0) is 16.5. The average Bonchev–Trinajstić information content (AvgIpc) is 2.60. The summed E-state index contributed by atoms with van der Waals surface area (Å²) in [5, 5.41) is 11.6. The van der Waals surface area contributed by atoms with Crippen LogP contribution in [0.5, 0.6) is 5.75 Å². The summed E-state index contributed by atoms with van der Waals surface area (Å²) in [4.78, 5) is 18.1. The van der Waals surface area contributed by atoms with Crippen molar-refractivity contribution in [3.8, 4) is 11.9 Å². The van der Waals surface area contributed by atoms with Gasteiger partial charge in [0, 0.05) is 19.2 Å². The fourth-order valence-corrected chi connectivity index (χ4v) is 2.33. The first-order valence-corrected chi connectivity index (χ1v) is 8.31. The maximum Gasteiger partial charge on any atom is 0.260 e. The number of amidine groups is 1. The number of rotatable bonds is 4. The van der Waals surface area contributed by atoms with Gasteiger partial charge < -0.3 is 14.4 Å². The van der Waals surface area contributed by atoms with Crippen LogP contribution in [0.25, 0.3) is 0 Å². The van der Waals surface area contributed by atoms with Crippen molar-refractivity contribution < 1.29 is 14.3 Å². The molecule has 1 heterocycles. The molecule has 1 aliphatic rings. The third-order valence-electron chi connectivity index (χ3n) is 3.13. The molecule has 8 heteroatoms. The first kappa shape index (κ1) is 17.1. The Morgan fingerprint density at radius 1 is 1.52 bits per heavy atom. The highest BCUT2D eigenvalue weighted by molar-refractivity contribution is 8.13. The second-order valence-electron chi connectivity index (χ2n) is 4.64. The van der Waals surface area contributed by atoms with E-state index in [4.69, 9.17) is 14.7 Å². The van der Waals surface area contributed by atoms with Crippen molar-refractivity contribution in [3.05, 3.63) is 24.3 Å². The van der Waals surface area contributed by atoms with Gasteiger partial charge in [0.15, 0.2) is 18.0 Å². The number of thioether (sulfide) groups is 1. The number of benzene rings is 1. The molecule has 23 heavy (non-hydrogen) atoms. The van der Waals surface area contributed by atoms with Crippen LogP contribution in [0.4, 0.5) is 5.69 Å². The largest absolute Gasteiger partial charge is 0.484 e. The van der Waals surface area contributed by atoms with Crippen LogP contribution in [-0.4, -0.2) is 55.1 Å². The molecular weight excluding hydrogens is 316 g/mol. The van der Waals surface area contributed by atoms with Crippen molar-refractivity contribution in [2.24, 2.45) is 4.99 Å². The van der Waals surface area contributed by atoms with E-state index in [2.05, 4.69) is 10.3 Å². The van der Waals surface area contributed by atoms with Gasteiger partial charge in [0.2, 0.25) is 0 Å². The van der Waals surface area contributed by atoms with Crippen LogP contribution < -0.4 is 10.1 Å². The number of nitrogens with zero attached hydrogens (tertiary/aromatic N) is 3. The van der Waals surface area contributed by atoms with Crippen LogP contribution in [0.15, 0.2) is 29.3 Å². The second-order valence-corrected chi connectivity index (χ2v) is 5.43. The van der Waals surface area contributed by atoms with Crippen molar-refractivity contribution in [3.63, 3.8) is 0 Å². The minimum absolute atomic E-state index is 0.0149. The lowest BCUT2D eigenvalue weighted by Crippen LogP contribution is -2.42. The highest BCUT2D eigenvalue weighted by Crippen LogP contribution is 2.21. The summed E-state index contributed by atoms with van der Waals surface area (Å²) < 4.78 is 10.8. The fraction of sp³-hybridized carbons (Fsp3) is 0.400. The number of nitrogens with one attached hydrogen (secondary N) is 1. The summed E-state index contributed by atoms with van der Waals surface area (Å²) in [7, 11) is 0. The number of nitriles is 1. The summed E-state index contributed by atoms with van der Waals surface area (Å²) in [5.41, 5.74) is 0.647. The van der Waals surface area contributed by atoms with Crippen molar-refractivity contribution in [2.75, 3.05) is 39.2 Å². The average molecular weight is 334 g/mol. The molecule has 0 saturated carbocycles. The van der Waals surface area contributed by atoms with Gasteiger partial charge in [0.05, 0.1) is 18.9 Å². The smallest absolute Gasteiger partial charge is 0.260 e. The van der Waals surface area contributed by atoms with Crippen LogP contribution in [0.1, 0.15) is 0 Å². The quantitative estimate of drug-likeness (QED) is 0.387. The van der Waals surface area contributed by atoms with Gasteiger partial charge >= 0.3 is 0 Å². The molecule has 0 atom stereocenters. The molecule has 1 saturated heterocycles. The van der Waals surface area contributed by atoms with Crippen LogP contribution in [0.3, 0.4) is 0 Å². The first-order valence-electron chi connectivity index (χ1n) is 7.09. The monoisotopic (exact) mass is 334 g/mol. The lowest BCUT2D eigenvalue weighted by Gasteiger charge is -2.26. The Hall–Kier alpha value is -2.24. The normalized spacial score (nSPS) is 15.0. The molecule has 1 amide bonds. The zero-order valence-corrected chi connectivity index (χ0v) is 13.6. The molecule has 2 rings (SSSR count). The summed E-state index contributed by atoms with van der Waals surface area (Å²) in [6.45, 7) is 2.32. The molecule has 1 aromatic carbocycles. The number of hydrogen-bond donors (Lipinski definition) is 1. The Kier molecular flexibility index (Phi) is 6.72. The molecule has 0 spiro atoms. The number of ether oxygens (including phenoxy) is 2. The van der Waals surface area contributed by atoms with Crippen molar-refractivity contribution in [2.45, 2.75) is 0 Å². The van der Waals surface area contributed by atoms with Gasteiger partial charge in [-0.15, -0.1) is 0 Å². The molecule has 0 radical (unpaired) electrons. The van der Waals surface area contributed by atoms with Gasteiger partial charge in [0.25, 0.3) is 5.91 Å². The third-order valence-corrected chi connectivity index (χ3v) is 3.71. The molecule has 7 nitrogen and oxygen atoms in total. The van der Waals surface area contributed by atoms with E-state index in [9.17, 15) is 4.79 Å². The molecule has 0 unspecified atom stereocenters. The minimum Gasteiger partial charge on any atom is -0.484 e. The van der Waals surface area contributed by atoms with Gasteiger partial charge in [-0.05, 0) is 18.4 Å². The standard InChI is InChI=1S/C15H18N4O3S/c1-23-15(17-11-16)18-12-3-2-4-13(9-12)22-10-14(20)19-5-7-21-8-6-19/h2-4,9H,5-8,10H2,1H3,(H,17,18). The maximum absolute atomic E-state index is 12.0. The summed E-state index contributed by atoms with van der Waals surface area (Å²) in [6, 6.07) is 7.08. The third kappa shape index (κ3) is 5.47. The van der Waals surface area contributed by atoms with Crippen LogP contribution in [0.2, 0.25) is 0 Å². The number of hydrogen-bond acceptors (Lipinski definition) is 6. The van der Waals surface area contributed by atoms with Gasteiger partial charge in [0.1, 0.15) is 5.75 Å². The molecule has 1 N–H and O–H groups in total. The predicted octanol–water partition coefficient (Wildman–Crippen LogP) is 1.35. The Balaban J connectivity index is 1.94. The molecule has 1 fully saturated rings.